The largest absolute Gasteiger partial charge is 0.480 e. The Morgan fingerprint density at radius 2 is 2.17 bits per heavy atom. The number of rotatable bonds is 4. The second-order valence-electron chi connectivity index (χ2n) is 5.85. The second kappa shape index (κ2) is 5.94. The lowest BCUT2D eigenvalue weighted by atomic mass is 10.1. The number of carboxylic acid groups (broad SMARTS) is 1. The number of hydrogen-bond acceptors (Lipinski definition) is 5. The number of carbonyl (C=O) groups is 2. The van der Waals surface area contributed by atoms with Gasteiger partial charge in [0.05, 0.1) is 0 Å². The number of hydrogen-bond donors (Lipinski definition) is 1. The zero-order valence-electron chi connectivity index (χ0n) is 13.2. The number of amides is 1. The highest BCUT2D eigenvalue weighted by atomic mass is 16.4. The molecular weight excluding hydrogens is 298 g/mol. The number of fused-ring (bicyclic) bond motifs is 1. The number of carbonyl (C=O) groups excluding carboxylic acids is 1. The molecule has 1 atom stereocenters. The lowest BCUT2D eigenvalue weighted by Crippen LogP contribution is -2.40. The van der Waals surface area contributed by atoms with Gasteiger partial charge < -0.3 is 10.0 Å². The Bertz CT molecular complexity index is 770. The average Bonchev–Trinajstić information content (AvgIpc) is 3.15. The van der Waals surface area contributed by atoms with Crippen molar-refractivity contribution in [3.63, 3.8) is 0 Å². The highest BCUT2D eigenvalue weighted by molar-refractivity contribution is 5.84. The summed E-state index contributed by atoms with van der Waals surface area (Å²) in [5.41, 5.74) is 2.77. The summed E-state index contributed by atoms with van der Waals surface area (Å²) < 4.78 is 1.79. The Kier molecular flexibility index (Phi) is 3.97. The summed E-state index contributed by atoms with van der Waals surface area (Å²) in [5, 5.41) is 17.0. The molecule has 1 N–H and O–H groups in total. The van der Waals surface area contributed by atoms with Crippen molar-refractivity contribution in [3.05, 3.63) is 23.3 Å². The van der Waals surface area contributed by atoms with Gasteiger partial charge in [0, 0.05) is 24.4 Å². The fourth-order valence-corrected chi connectivity index (χ4v) is 3.23. The summed E-state index contributed by atoms with van der Waals surface area (Å²) in [5.74, 6) is -0.492. The zero-order valence-corrected chi connectivity index (χ0v) is 13.2. The maximum Gasteiger partial charge on any atom is 0.326 e. The third-order valence-corrected chi connectivity index (χ3v) is 4.48. The first-order valence-electron chi connectivity index (χ1n) is 7.67. The van der Waals surface area contributed by atoms with Crippen LogP contribution in [0.15, 0.2) is 6.33 Å². The molecule has 8 nitrogen and oxygen atoms in total. The Morgan fingerprint density at radius 3 is 2.91 bits per heavy atom. The molecule has 2 aromatic heterocycles. The van der Waals surface area contributed by atoms with Crippen molar-refractivity contribution in [1.29, 1.82) is 0 Å². The van der Waals surface area contributed by atoms with Gasteiger partial charge in [-0.1, -0.05) is 0 Å². The van der Waals surface area contributed by atoms with Crippen LogP contribution < -0.4 is 0 Å². The van der Waals surface area contributed by atoms with Crippen LogP contribution in [0.25, 0.3) is 5.78 Å². The first kappa shape index (κ1) is 15.4. The van der Waals surface area contributed by atoms with E-state index in [0.717, 1.165) is 23.4 Å². The molecule has 0 aromatic carbocycles. The van der Waals surface area contributed by atoms with E-state index in [1.807, 2.05) is 13.8 Å². The first-order chi connectivity index (χ1) is 11.0. The summed E-state index contributed by atoms with van der Waals surface area (Å²) in [7, 11) is 0. The Balaban J connectivity index is 1.75. The van der Waals surface area contributed by atoms with Crippen LogP contribution in [0, 0.1) is 13.8 Å². The summed E-state index contributed by atoms with van der Waals surface area (Å²) in [6, 6.07) is -0.678. The van der Waals surface area contributed by atoms with Gasteiger partial charge in [0.15, 0.2) is 0 Å². The van der Waals surface area contributed by atoms with Gasteiger partial charge in [-0.25, -0.2) is 9.78 Å². The third kappa shape index (κ3) is 2.76. The molecule has 1 aliphatic heterocycles. The van der Waals surface area contributed by atoms with Crippen molar-refractivity contribution < 1.29 is 14.7 Å². The predicted molar refractivity (Wildman–Crippen MR) is 80.9 cm³/mol. The first-order valence-corrected chi connectivity index (χ1v) is 7.67. The number of aromatic nitrogens is 4. The topological polar surface area (TPSA) is 101 Å². The lowest BCUT2D eigenvalue weighted by molar-refractivity contribution is -0.148. The standard InChI is InChI=1S/C15H19N5O3/c1-9-11(10(2)20-8-16-18-15(20)17-9)5-6-13(21)19-7-3-4-12(19)14(22)23/h8,12H,3-7H2,1-2H3,(H,22,23). The lowest BCUT2D eigenvalue weighted by Gasteiger charge is -2.21. The van der Waals surface area contributed by atoms with Crippen LogP contribution in [0.4, 0.5) is 0 Å². The molecule has 3 rings (SSSR count). The molecule has 3 heterocycles. The molecule has 122 valence electrons. The fraction of sp³-hybridized carbons (Fsp3) is 0.533. The van der Waals surface area contributed by atoms with Gasteiger partial charge in [0.2, 0.25) is 5.91 Å². The summed E-state index contributed by atoms with van der Waals surface area (Å²) in [4.78, 5) is 29.4. The molecule has 1 aliphatic rings. The number of likely N-dealkylation sites (tertiary alicyclic amines) is 1. The van der Waals surface area contributed by atoms with E-state index in [-0.39, 0.29) is 12.3 Å². The van der Waals surface area contributed by atoms with Crippen molar-refractivity contribution in [2.45, 2.75) is 45.6 Å². The minimum Gasteiger partial charge on any atom is -0.480 e. The van der Waals surface area contributed by atoms with Gasteiger partial charge in [-0.05, 0) is 38.7 Å². The molecule has 0 spiro atoms. The third-order valence-electron chi connectivity index (χ3n) is 4.48. The van der Waals surface area contributed by atoms with Crippen LogP contribution in [-0.2, 0) is 16.0 Å². The molecule has 1 unspecified atom stereocenters. The SMILES string of the molecule is Cc1nc2nncn2c(C)c1CCC(=O)N1CCCC1C(=O)O. The van der Waals surface area contributed by atoms with Gasteiger partial charge in [0.1, 0.15) is 12.4 Å². The van der Waals surface area contributed by atoms with Crippen LogP contribution in [0.3, 0.4) is 0 Å². The van der Waals surface area contributed by atoms with E-state index in [4.69, 9.17) is 0 Å². The molecule has 0 radical (unpaired) electrons. The monoisotopic (exact) mass is 317 g/mol. The van der Waals surface area contributed by atoms with Gasteiger partial charge in [-0.2, -0.15) is 0 Å². The molecule has 2 aromatic rings. The van der Waals surface area contributed by atoms with E-state index in [1.165, 1.54) is 4.90 Å². The van der Waals surface area contributed by atoms with Crippen LogP contribution in [0.2, 0.25) is 0 Å². The van der Waals surface area contributed by atoms with Crippen LogP contribution in [0.1, 0.15) is 36.2 Å². The van der Waals surface area contributed by atoms with Crippen molar-refractivity contribution in [3.8, 4) is 0 Å². The van der Waals surface area contributed by atoms with Gasteiger partial charge in [-0.15, -0.1) is 10.2 Å². The minimum absolute atomic E-state index is 0.113. The highest BCUT2D eigenvalue weighted by Gasteiger charge is 2.33. The molecule has 1 fully saturated rings. The smallest absolute Gasteiger partial charge is 0.326 e. The van der Waals surface area contributed by atoms with Crippen LogP contribution in [-0.4, -0.2) is 54.1 Å². The summed E-state index contributed by atoms with van der Waals surface area (Å²) in [6.07, 6.45) is 3.69. The highest BCUT2D eigenvalue weighted by Crippen LogP contribution is 2.20. The summed E-state index contributed by atoms with van der Waals surface area (Å²) >= 11 is 0. The number of aryl methyl sites for hydroxylation is 2. The Morgan fingerprint density at radius 1 is 1.39 bits per heavy atom. The molecule has 0 saturated carbocycles. The molecular formula is C15H19N5O3. The number of nitrogens with zero attached hydrogens (tertiary/aromatic N) is 5. The molecule has 0 aliphatic carbocycles. The minimum atomic E-state index is -0.921. The van der Waals surface area contributed by atoms with Gasteiger partial charge in [-0.3, -0.25) is 9.20 Å². The Labute approximate surface area is 133 Å². The molecule has 0 bridgehead atoms. The van der Waals surface area contributed by atoms with Crippen LogP contribution >= 0.6 is 0 Å². The average molecular weight is 317 g/mol. The molecule has 23 heavy (non-hydrogen) atoms. The quantitative estimate of drug-likeness (QED) is 0.893. The van der Waals surface area contributed by atoms with Gasteiger partial charge in [0.25, 0.3) is 5.78 Å². The van der Waals surface area contributed by atoms with E-state index < -0.39 is 12.0 Å². The molecule has 1 saturated heterocycles. The van der Waals surface area contributed by atoms with Crippen LogP contribution in [0.5, 0.6) is 0 Å². The van der Waals surface area contributed by atoms with E-state index in [0.29, 0.717) is 25.2 Å². The molecule has 1 amide bonds. The van der Waals surface area contributed by atoms with Crippen molar-refractivity contribution >= 4 is 17.7 Å². The van der Waals surface area contributed by atoms with E-state index in [1.54, 1.807) is 10.7 Å². The Hall–Kier alpha value is -2.51. The normalized spacial score (nSPS) is 17.8. The number of aliphatic carboxylic acids is 1. The summed E-state index contributed by atoms with van der Waals surface area (Å²) in [6.45, 7) is 4.36. The maximum atomic E-state index is 12.4. The predicted octanol–water partition coefficient (Wildman–Crippen LogP) is 0.749. The maximum absolute atomic E-state index is 12.4. The van der Waals surface area contributed by atoms with Crippen molar-refractivity contribution in [2.75, 3.05) is 6.54 Å². The second-order valence-corrected chi connectivity index (χ2v) is 5.85. The van der Waals surface area contributed by atoms with E-state index in [2.05, 4.69) is 15.2 Å². The van der Waals surface area contributed by atoms with E-state index in [9.17, 15) is 14.7 Å². The van der Waals surface area contributed by atoms with E-state index >= 15 is 0 Å². The zero-order chi connectivity index (χ0) is 16.6. The number of carboxylic acids is 1. The fourth-order valence-electron chi connectivity index (χ4n) is 3.23. The van der Waals surface area contributed by atoms with Crippen molar-refractivity contribution in [2.24, 2.45) is 0 Å². The van der Waals surface area contributed by atoms with Crippen molar-refractivity contribution in [1.82, 2.24) is 24.5 Å². The molecule has 8 heteroatoms. The van der Waals surface area contributed by atoms with Gasteiger partial charge >= 0.3 is 5.97 Å².